The molecule has 1 aromatic heterocycles. The molecule has 0 saturated carbocycles. The normalized spacial score (nSPS) is 11.2. The minimum atomic E-state index is 0.617. The molecule has 0 spiro atoms. The fraction of sp³-hybridized carbons (Fsp3) is 0.429. The molecule has 0 aliphatic heterocycles. The Morgan fingerprint density at radius 2 is 2.06 bits per heavy atom. The third-order valence-electron chi connectivity index (χ3n) is 3.06. The van der Waals surface area contributed by atoms with E-state index >= 15 is 0 Å². The summed E-state index contributed by atoms with van der Waals surface area (Å²) in [6.07, 6.45) is 0. The van der Waals surface area contributed by atoms with E-state index in [1.54, 1.807) is 0 Å². The van der Waals surface area contributed by atoms with Crippen molar-refractivity contribution in [2.24, 2.45) is 5.73 Å². The van der Waals surface area contributed by atoms with E-state index in [1.807, 2.05) is 11.8 Å². The third-order valence-corrected chi connectivity index (χ3v) is 3.97. The van der Waals surface area contributed by atoms with Gasteiger partial charge in [-0.3, -0.25) is 0 Å². The maximum absolute atomic E-state index is 5.69. The minimum absolute atomic E-state index is 0.617. The van der Waals surface area contributed by atoms with Crippen LogP contribution in [0.5, 0.6) is 0 Å². The Hall–Kier alpha value is -0.930. The second kappa shape index (κ2) is 5.61. The maximum Gasteiger partial charge on any atom is 0.0482 e. The van der Waals surface area contributed by atoms with Gasteiger partial charge in [-0.2, -0.15) is 11.8 Å². The molecular formula is C14H20N2S. The highest BCUT2D eigenvalue weighted by Crippen LogP contribution is 2.24. The molecule has 3 heteroatoms. The van der Waals surface area contributed by atoms with Crippen LogP contribution in [0.1, 0.15) is 25.1 Å². The van der Waals surface area contributed by atoms with Crippen LogP contribution in [0, 0.1) is 0 Å². The molecule has 1 aromatic carbocycles. The Balaban J connectivity index is 2.46. The Bertz CT molecular complexity index is 502. The van der Waals surface area contributed by atoms with Gasteiger partial charge in [0.25, 0.3) is 0 Å². The number of hydrogen-bond donors (Lipinski definition) is 1. The minimum Gasteiger partial charge on any atom is -0.344 e. The molecule has 0 aliphatic carbocycles. The molecule has 2 N–H and O–H groups in total. The molecule has 1 heterocycles. The first-order valence-corrected chi connectivity index (χ1v) is 7.34. The van der Waals surface area contributed by atoms with E-state index in [2.05, 4.69) is 42.7 Å². The van der Waals surface area contributed by atoms with E-state index in [-0.39, 0.29) is 0 Å². The number of fused-ring (bicyclic) bond motifs is 1. The lowest BCUT2D eigenvalue weighted by molar-refractivity contribution is 0.765. The second-order valence-corrected chi connectivity index (χ2v) is 5.39. The summed E-state index contributed by atoms with van der Waals surface area (Å²) in [5.41, 5.74) is 9.65. The van der Waals surface area contributed by atoms with Crippen LogP contribution in [0.15, 0.2) is 24.3 Å². The zero-order chi connectivity index (χ0) is 12.3. The zero-order valence-corrected chi connectivity index (χ0v) is 11.4. The van der Waals surface area contributed by atoms with Crippen LogP contribution in [0.2, 0.25) is 0 Å². The van der Waals surface area contributed by atoms with Gasteiger partial charge in [0.05, 0.1) is 0 Å². The highest BCUT2D eigenvalue weighted by Gasteiger charge is 2.07. The number of thioether (sulfide) groups is 1. The van der Waals surface area contributed by atoms with E-state index in [4.69, 9.17) is 5.73 Å². The summed E-state index contributed by atoms with van der Waals surface area (Å²) in [6, 6.07) is 8.84. The Morgan fingerprint density at radius 3 is 2.71 bits per heavy atom. The first-order valence-electron chi connectivity index (χ1n) is 6.19. The predicted molar refractivity (Wildman–Crippen MR) is 77.3 cm³/mol. The van der Waals surface area contributed by atoms with Gasteiger partial charge in [-0.05, 0) is 36.4 Å². The maximum atomic E-state index is 5.69. The van der Waals surface area contributed by atoms with Crippen molar-refractivity contribution in [3.05, 3.63) is 35.5 Å². The molecule has 2 aromatic rings. The number of nitrogens with zero attached hydrogens (tertiary/aromatic N) is 1. The quantitative estimate of drug-likeness (QED) is 0.879. The van der Waals surface area contributed by atoms with Crippen LogP contribution in [-0.2, 0) is 18.8 Å². The SMILES string of the molecule is CCSCc1cc2cc(CN)ccc2n1CC. The molecule has 0 unspecified atom stereocenters. The summed E-state index contributed by atoms with van der Waals surface area (Å²) in [5.74, 6) is 2.26. The molecule has 0 atom stereocenters. The van der Waals surface area contributed by atoms with Crippen LogP contribution in [0.3, 0.4) is 0 Å². The summed E-state index contributed by atoms with van der Waals surface area (Å²) in [6.45, 7) is 6.06. The Kier molecular flexibility index (Phi) is 4.13. The lowest BCUT2D eigenvalue weighted by atomic mass is 10.1. The number of benzene rings is 1. The van der Waals surface area contributed by atoms with Gasteiger partial charge in [0.2, 0.25) is 0 Å². The van der Waals surface area contributed by atoms with Gasteiger partial charge in [0.1, 0.15) is 0 Å². The number of hydrogen-bond acceptors (Lipinski definition) is 2. The van der Waals surface area contributed by atoms with Crippen LogP contribution >= 0.6 is 11.8 Å². The molecule has 17 heavy (non-hydrogen) atoms. The number of aromatic nitrogens is 1. The van der Waals surface area contributed by atoms with Crippen molar-refractivity contribution in [2.75, 3.05) is 5.75 Å². The average molecular weight is 248 g/mol. The van der Waals surface area contributed by atoms with Crippen LogP contribution in [0.25, 0.3) is 10.9 Å². The van der Waals surface area contributed by atoms with E-state index in [9.17, 15) is 0 Å². The van der Waals surface area contributed by atoms with Crippen molar-refractivity contribution in [3.63, 3.8) is 0 Å². The van der Waals surface area contributed by atoms with Crippen molar-refractivity contribution in [1.82, 2.24) is 4.57 Å². The van der Waals surface area contributed by atoms with Gasteiger partial charge < -0.3 is 10.3 Å². The fourth-order valence-electron chi connectivity index (χ4n) is 2.20. The van der Waals surface area contributed by atoms with Crippen molar-refractivity contribution in [3.8, 4) is 0 Å². The van der Waals surface area contributed by atoms with E-state index in [0.717, 1.165) is 12.3 Å². The van der Waals surface area contributed by atoms with Gasteiger partial charge >= 0.3 is 0 Å². The van der Waals surface area contributed by atoms with E-state index < -0.39 is 0 Å². The topological polar surface area (TPSA) is 30.9 Å². The van der Waals surface area contributed by atoms with Crippen molar-refractivity contribution in [2.45, 2.75) is 32.7 Å². The molecule has 0 aliphatic rings. The number of rotatable bonds is 5. The predicted octanol–water partition coefficient (Wildman–Crippen LogP) is 3.37. The van der Waals surface area contributed by atoms with Gasteiger partial charge in [0, 0.05) is 35.4 Å². The summed E-state index contributed by atoms with van der Waals surface area (Å²) in [5, 5.41) is 1.32. The molecule has 0 bridgehead atoms. The summed E-state index contributed by atoms with van der Waals surface area (Å²) in [4.78, 5) is 0. The van der Waals surface area contributed by atoms with E-state index in [0.29, 0.717) is 6.54 Å². The van der Waals surface area contributed by atoms with Crippen LogP contribution in [-0.4, -0.2) is 10.3 Å². The molecule has 2 nitrogen and oxygen atoms in total. The summed E-state index contributed by atoms with van der Waals surface area (Å²) in [7, 11) is 0. The van der Waals surface area contributed by atoms with Crippen molar-refractivity contribution >= 4 is 22.7 Å². The highest BCUT2D eigenvalue weighted by molar-refractivity contribution is 7.98. The van der Waals surface area contributed by atoms with Gasteiger partial charge in [-0.1, -0.05) is 13.0 Å². The van der Waals surface area contributed by atoms with Crippen LogP contribution < -0.4 is 5.73 Å². The molecule has 0 saturated heterocycles. The lowest BCUT2D eigenvalue weighted by Crippen LogP contribution is -1.99. The average Bonchev–Trinajstić information content (AvgIpc) is 2.72. The molecular weight excluding hydrogens is 228 g/mol. The summed E-state index contributed by atoms with van der Waals surface area (Å²) >= 11 is 1.97. The number of aryl methyl sites for hydroxylation is 1. The molecule has 0 fully saturated rings. The standard InChI is InChI=1S/C14H20N2S/c1-3-16-13(10-17-4-2)8-12-7-11(9-15)5-6-14(12)16/h5-8H,3-4,9-10,15H2,1-2H3. The zero-order valence-electron chi connectivity index (χ0n) is 10.6. The lowest BCUT2D eigenvalue weighted by Gasteiger charge is -2.07. The fourth-order valence-corrected chi connectivity index (χ4v) is 2.86. The first kappa shape index (κ1) is 12.5. The summed E-state index contributed by atoms with van der Waals surface area (Å²) < 4.78 is 2.40. The van der Waals surface area contributed by atoms with Gasteiger partial charge in [0.15, 0.2) is 0 Å². The highest BCUT2D eigenvalue weighted by atomic mass is 32.2. The Labute approximate surface area is 107 Å². The smallest absolute Gasteiger partial charge is 0.0482 e. The Morgan fingerprint density at radius 1 is 1.24 bits per heavy atom. The van der Waals surface area contributed by atoms with E-state index in [1.165, 1.54) is 27.9 Å². The van der Waals surface area contributed by atoms with Gasteiger partial charge in [-0.15, -0.1) is 0 Å². The van der Waals surface area contributed by atoms with Gasteiger partial charge in [-0.25, -0.2) is 0 Å². The monoisotopic (exact) mass is 248 g/mol. The number of nitrogens with two attached hydrogens (primary N) is 1. The molecule has 0 amide bonds. The van der Waals surface area contributed by atoms with Crippen LogP contribution in [0.4, 0.5) is 0 Å². The van der Waals surface area contributed by atoms with Crippen molar-refractivity contribution < 1.29 is 0 Å². The van der Waals surface area contributed by atoms with Crippen molar-refractivity contribution in [1.29, 1.82) is 0 Å². The third kappa shape index (κ3) is 2.50. The largest absolute Gasteiger partial charge is 0.344 e. The molecule has 2 rings (SSSR count). The second-order valence-electron chi connectivity index (χ2n) is 4.11. The molecule has 92 valence electrons. The molecule has 0 radical (unpaired) electrons. The first-order chi connectivity index (χ1) is 8.30.